The van der Waals surface area contributed by atoms with Crippen molar-refractivity contribution in [2.24, 2.45) is 0 Å². The summed E-state index contributed by atoms with van der Waals surface area (Å²) in [5.41, 5.74) is 2.39. The van der Waals surface area contributed by atoms with Crippen molar-refractivity contribution < 1.29 is 40.1 Å². The second-order valence-corrected chi connectivity index (χ2v) is 19.4. The normalized spacial score (nSPS) is 20.1. The van der Waals surface area contributed by atoms with Gasteiger partial charge in [0, 0.05) is 31.9 Å². The Bertz CT molecular complexity index is 809. The van der Waals surface area contributed by atoms with Crippen LogP contribution in [0.2, 0.25) is 6.04 Å². The maximum atomic E-state index is 11.0. The van der Waals surface area contributed by atoms with Crippen molar-refractivity contribution in [2.75, 3.05) is 26.4 Å². The van der Waals surface area contributed by atoms with Crippen LogP contribution in [-0.2, 0) is 13.3 Å². The smallest absolute Gasteiger partial charge is 0.501 e. The Labute approximate surface area is 263 Å². The molecule has 0 spiro atoms. The van der Waals surface area contributed by atoms with Crippen molar-refractivity contribution in [3.8, 4) is 11.5 Å². The van der Waals surface area contributed by atoms with E-state index in [-0.39, 0.29) is 17.0 Å². The first-order valence-electron chi connectivity index (χ1n) is 16.9. The van der Waals surface area contributed by atoms with Crippen LogP contribution in [0.1, 0.15) is 124 Å². The summed E-state index contributed by atoms with van der Waals surface area (Å²) in [6.07, 6.45) is 21.5. The summed E-state index contributed by atoms with van der Waals surface area (Å²) in [6.45, 7) is 8.49. The van der Waals surface area contributed by atoms with E-state index in [0.717, 1.165) is 35.2 Å². The number of rotatable bonds is 15. The molecule has 0 aliphatic heterocycles. The first kappa shape index (κ1) is 35.3. The van der Waals surface area contributed by atoms with E-state index in [1.54, 1.807) is 0 Å². The third kappa shape index (κ3) is 8.72. The SMILES string of the molecule is CCO[Si](CCCOc1ccc(O)cc1[P+](C1CCCCC1)(C1CCCCC1)C1CCCCC1)(OCC)OCC.[Br-]. The van der Waals surface area contributed by atoms with Crippen molar-refractivity contribution in [2.45, 2.75) is 147 Å². The summed E-state index contributed by atoms with van der Waals surface area (Å²) in [5.74, 6) is 1.48. The van der Waals surface area contributed by atoms with Crippen molar-refractivity contribution in [1.82, 2.24) is 0 Å². The summed E-state index contributed by atoms with van der Waals surface area (Å²) < 4.78 is 25.1. The first-order chi connectivity index (χ1) is 19.6. The Kier molecular flexibility index (Phi) is 15.5. The lowest BCUT2D eigenvalue weighted by molar-refractivity contribution is -0.0000206. The monoisotopic (exact) mass is 672 g/mol. The van der Waals surface area contributed by atoms with Crippen molar-refractivity contribution >= 4 is 21.4 Å². The van der Waals surface area contributed by atoms with Crippen molar-refractivity contribution in [1.29, 1.82) is 0 Å². The summed E-state index contributed by atoms with van der Waals surface area (Å²) in [7, 11) is -4.29. The molecule has 3 fully saturated rings. The molecule has 41 heavy (non-hydrogen) atoms. The molecule has 3 aliphatic rings. The molecule has 0 unspecified atom stereocenters. The fourth-order valence-corrected chi connectivity index (χ4v) is 18.5. The molecular weight excluding hydrogens is 615 g/mol. The second-order valence-electron chi connectivity index (χ2n) is 12.3. The van der Waals surface area contributed by atoms with Gasteiger partial charge in [-0.3, -0.25) is 0 Å². The van der Waals surface area contributed by atoms with Crippen LogP contribution in [0.25, 0.3) is 0 Å². The molecule has 1 aromatic rings. The van der Waals surface area contributed by atoms with Gasteiger partial charge in [0.2, 0.25) is 0 Å². The molecule has 4 rings (SSSR count). The highest BCUT2D eigenvalue weighted by atomic mass is 79.9. The largest absolute Gasteiger partial charge is 1.00 e. The summed E-state index contributed by atoms with van der Waals surface area (Å²) >= 11 is 0. The number of aromatic hydroxyl groups is 1. The van der Waals surface area contributed by atoms with Crippen LogP contribution in [0.3, 0.4) is 0 Å². The van der Waals surface area contributed by atoms with Gasteiger partial charge in [-0.2, -0.15) is 0 Å². The number of benzene rings is 1. The molecule has 0 saturated heterocycles. The van der Waals surface area contributed by atoms with Crippen LogP contribution >= 0.6 is 7.26 Å². The predicted molar refractivity (Wildman–Crippen MR) is 171 cm³/mol. The van der Waals surface area contributed by atoms with Crippen molar-refractivity contribution in [3.05, 3.63) is 18.2 Å². The van der Waals surface area contributed by atoms with Gasteiger partial charge in [-0.15, -0.1) is 0 Å². The lowest BCUT2D eigenvalue weighted by atomic mass is 9.99. The maximum Gasteiger partial charge on any atom is 0.501 e. The van der Waals surface area contributed by atoms with Gasteiger partial charge in [-0.05, 0) is 116 Å². The lowest BCUT2D eigenvalue weighted by Crippen LogP contribution is -3.00. The molecule has 0 heterocycles. The summed E-state index contributed by atoms with van der Waals surface area (Å²) in [4.78, 5) is 0. The Morgan fingerprint density at radius 2 is 1.15 bits per heavy atom. The van der Waals surface area contributed by atoms with Gasteiger partial charge in [-0.25, -0.2) is 0 Å². The highest BCUT2D eigenvalue weighted by Crippen LogP contribution is 2.77. The highest BCUT2D eigenvalue weighted by Gasteiger charge is 2.60. The fraction of sp³-hybridized carbons (Fsp3) is 0.818. The van der Waals surface area contributed by atoms with Crippen LogP contribution < -0.4 is 27.0 Å². The molecule has 0 amide bonds. The zero-order valence-electron chi connectivity index (χ0n) is 26.2. The van der Waals surface area contributed by atoms with Crippen LogP contribution in [-0.4, -0.2) is 57.3 Å². The fourth-order valence-electron chi connectivity index (χ4n) is 8.41. The van der Waals surface area contributed by atoms with E-state index in [0.29, 0.717) is 32.2 Å². The van der Waals surface area contributed by atoms with Crippen LogP contribution in [0.4, 0.5) is 0 Å². The minimum absolute atomic E-state index is 0. The molecule has 3 saturated carbocycles. The quantitative estimate of drug-likeness (QED) is 0.144. The van der Waals surface area contributed by atoms with E-state index in [1.165, 1.54) is 102 Å². The minimum atomic E-state index is -2.69. The Morgan fingerprint density at radius 3 is 1.56 bits per heavy atom. The summed E-state index contributed by atoms with van der Waals surface area (Å²) in [6, 6.07) is 6.91. The Morgan fingerprint density at radius 1 is 0.707 bits per heavy atom. The third-order valence-corrected chi connectivity index (χ3v) is 19.4. The molecule has 5 nitrogen and oxygen atoms in total. The lowest BCUT2D eigenvalue weighted by Gasteiger charge is -2.49. The van der Waals surface area contributed by atoms with Gasteiger partial charge in [0.1, 0.15) is 11.1 Å². The number of hydrogen-bond donors (Lipinski definition) is 1. The van der Waals surface area contributed by atoms with E-state index in [1.807, 2.05) is 26.8 Å². The van der Waals surface area contributed by atoms with Crippen molar-refractivity contribution in [3.63, 3.8) is 0 Å². The topological polar surface area (TPSA) is 57.2 Å². The molecule has 0 radical (unpaired) electrons. The third-order valence-electron chi connectivity index (χ3n) is 9.87. The van der Waals surface area contributed by atoms with E-state index in [2.05, 4.69) is 12.1 Å². The molecule has 3 aliphatic carbocycles. The van der Waals surface area contributed by atoms with Crippen LogP contribution in [0.5, 0.6) is 11.5 Å². The average Bonchev–Trinajstić information content (AvgIpc) is 2.99. The zero-order chi connectivity index (χ0) is 28.3. The van der Waals surface area contributed by atoms with E-state index in [9.17, 15) is 5.11 Å². The average molecular weight is 674 g/mol. The highest BCUT2D eigenvalue weighted by molar-refractivity contribution is 7.85. The van der Waals surface area contributed by atoms with Gasteiger partial charge < -0.3 is 40.1 Å². The number of phenols is 1. The van der Waals surface area contributed by atoms with Crippen LogP contribution in [0.15, 0.2) is 18.2 Å². The van der Waals surface area contributed by atoms with E-state index >= 15 is 0 Å². The number of ether oxygens (including phenoxy) is 1. The predicted octanol–water partition coefficient (Wildman–Crippen LogP) is 5.85. The molecule has 0 atom stereocenters. The Hall–Kier alpha value is -0.173. The zero-order valence-corrected chi connectivity index (χ0v) is 29.7. The molecular formula is C33H58BrO5PSi. The van der Waals surface area contributed by atoms with Gasteiger partial charge in [-0.1, -0.05) is 19.3 Å². The number of phenolic OH excluding ortho intramolecular Hbond substituents is 1. The van der Waals surface area contributed by atoms with Gasteiger partial charge in [0.25, 0.3) is 0 Å². The molecule has 1 N–H and O–H groups in total. The molecule has 236 valence electrons. The maximum absolute atomic E-state index is 11.0. The first-order valence-corrected chi connectivity index (χ1v) is 20.8. The minimum Gasteiger partial charge on any atom is -1.00 e. The second kappa shape index (κ2) is 18.0. The molecule has 8 heteroatoms. The number of halogens is 1. The summed E-state index contributed by atoms with van der Waals surface area (Å²) in [5, 5.41) is 12.4. The van der Waals surface area contributed by atoms with Gasteiger partial charge in [0.15, 0.2) is 5.75 Å². The molecule has 0 aromatic heterocycles. The molecule has 0 bridgehead atoms. The number of hydrogen-bond acceptors (Lipinski definition) is 5. The van der Waals surface area contributed by atoms with E-state index in [4.69, 9.17) is 18.0 Å². The molecule has 1 aromatic carbocycles. The van der Waals surface area contributed by atoms with E-state index < -0.39 is 16.1 Å². The van der Waals surface area contributed by atoms with Gasteiger partial charge >= 0.3 is 8.80 Å². The van der Waals surface area contributed by atoms with Gasteiger partial charge in [0.05, 0.1) is 30.8 Å². The standard InChI is InChI=1S/C33H57O5PSi.BrH/c1-4-36-40(37-5-2,38-6-3)26-16-25-35-32-24-23-28(34)27-33(32)39(29-17-10-7-11-18-29,30-19-12-8-13-20-30)31-21-14-9-15-22-31;/h23-24,27,29-31H,4-22,25-26H2,1-3H3;1H. The van der Waals surface area contributed by atoms with Crippen LogP contribution in [0, 0.1) is 0 Å². The Balaban J connectivity index is 0.00000462.